The average Bonchev–Trinajstić information content (AvgIpc) is 3.44. The first kappa shape index (κ1) is 24.1. The molecule has 8 nitrogen and oxygen atoms in total. The Labute approximate surface area is 214 Å². The van der Waals surface area contributed by atoms with Crippen LogP contribution < -0.4 is 14.9 Å². The van der Waals surface area contributed by atoms with Gasteiger partial charge in [-0.05, 0) is 61.0 Å². The molecule has 4 aromatic rings. The van der Waals surface area contributed by atoms with Gasteiger partial charge in [0.2, 0.25) is 5.78 Å². The first-order chi connectivity index (χ1) is 17.8. The molecule has 0 bridgehead atoms. The van der Waals surface area contributed by atoms with Crippen molar-refractivity contribution in [2.45, 2.75) is 13.5 Å². The average molecular weight is 514 g/mol. The number of hydrogen-bond acceptors (Lipinski definition) is 6. The van der Waals surface area contributed by atoms with Crippen LogP contribution in [0, 0.1) is 6.92 Å². The lowest BCUT2D eigenvalue weighted by Crippen LogP contribution is -2.39. The van der Waals surface area contributed by atoms with E-state index in [0.717, 1.165) is 11.1 Å². The molecule has 1 aliphatic rings. The van der Waals surface area contributed by atoms with Gasteiger partial charge in [0, 0.05) is 23.1 Å². The van der Waals surface area contributed by atoms with Gasteiger partial charge in [-0.3, -0.25) is 13.9 Å². The van der Waals surface area contributed by atoms with E-state index in [1.807, 2.05) is 31.2 Å². The summed E-state index contributed by atoms with van der Waals surface area (Å²) in [5.41, 5.74) is 3.60. The Hall–Kier alpha value is -4.63. The van der Waals surface area contributed by atoms with E-state index in [9.17, 15) is 18.0 Å². The number of amides is 1. The van der Waals surface area contributed by atoms with E-state index in [4.69, 9.17) is 4.42 Å². The van der Waals surface area contributed by atoms with Crippen LogP contribution in [-0.2, 0) is 16.6 Å². The standard InChI is InChI=1S/C28H23N3O5S/c1-19-8-10-20(11-9-19)18-31-24-6-3-2-5-23(24)27(32)26(37(31,34)35)17-29-21-12-14-22(15-13-21)30-28(33)25-7-4-16-36-25/h2-17,29H,18H2,1H3,(H,30,33). The molecule has 1 aliphatic heterocycles. The first-order valence-corrected chi connectivity index (χ1v) is 12.9. The number of furan rings is 1. The summed E-state index contributed by atoms with van der Waals surface area (Å²) in [5, 5.41) is 5.62. The number of para-hydroxylation sites is 1. The maximum atomic E-state index is 13.6. The molecule has 0 atom stereocenters. The van der Waals surface area contributed by atoms with Crippen molar-refractivity contribution in [3.8, 4) is 0 Å². The van der Waals surface area contributed by atoms with E-state index in [-0.39, 0.29) is 23.1 Å². The Balaban J connectivity index is 1.40. The van der Waals surface area contributed by atoms with Crippen molar-refractivity contribution >= 4 is 38.8 Å². The van der Waals surface area contributed by atoms with Crippen LogP contribution in [0.5, 0.6) is 0 Å². The fourth-order valence-electron chi connectivity index (χ4n) is 3.95. The zero-order valence-electron chi connectivity index (χ0n) is 19.8. The second-order valence-electron chi connectivity index (χ2n) is 8.51. The van der Waals surface area contributed by atoms with E-state index in [1.165, 1.54) is 16.8 Å². The summed E-state index contributed by atoms with van der Waals surface area (Å²) in [6.45, 7) is 2.05. The molecule has 2 heterocycles. The fraction of sp³-hybridized carbons (Fsp3) is 0.0714. The Morgan fingerprint density at radius 3 is 2.32 bits per heavy atom. The summed E-state index contributed by atoms with van der Waals surface area (Å²) in [6.07, 6.45) is 2.63. The minimum absolute atomic E-state index is 0.0916. The number of carbonyl (C=O) groups excluding carboxylic acids is 2. The van der Waals surface area contributed by atoms with E-state index < -0.39 is 15.8 Å². The van der Waals surface area contributed by atoms with Gasteiger partial charge in [0.05, 0.1) is 18.5 Å². The van der Waals surface area contributed by atoms with E-state index in [1.54, 1.807) is 60.7 Å². The number of rotatable bonds is 6. The number of Topliss-reactive ketones (excluding diaryl/α,β-unsaturated/α-hetero) is 1. The third-order valence-electron chi connectivity index (χ3n) is 5.91. The Morgan fingerprint density at radius 2 is 1.62 bits per heavy atom. The molecule has 9 heteroatoms. The van der Waals surface area contributed by atoms with Crippen LogP contribution in [0.4, 0.5) is 17.1 Å². The van der Waals surface area contributed by atoms with Crippen LogP contribution in [0.1, 0.15) is 32.0 Å². The quantitative estimate of drug-likeness (QED) is 0.338. The minimum atomic E-state index is -4.14. The van der Waals surface area contributed by atoms with Crippen LogP contribution in [0.3, 0.4) is 0 Å². The SMILES string of the molecule is Cc1ccc(CN2c3ccccc3C(=O)C(=CNc3ccc(NC(=O)c4ccco4)cc3)S2(=O)=O)cc1. The largest absolute Gasteiger partial charge is 0.459 e. The monoisotopic (exact) mass is 513 g/mol. The van der Waals surface area contributed by atoms with Crippen molar-refractivity contribution in [3.63, 3.8) is 0 Å². The molecular weight excluding hydrogens is 490 g/mol. The number of fused-ring (bicyclic) bond motifs is 1. The van der Waals surface area contributed by atoms with Gasteiger partial charge in [0.1, 0.15) is 0 Å². The van der Waals surface area contributed by atoms with Gasteiger partial charge in [0.15, 0.2) is 10.7 Å². The third kappa shape index (κ3) is 4.89. The zero-order valence-corrected chi connectivity index (χ0v) is 20.7. The number of anilines is 3. The topological polar surface area (TPSA) is 109 Å². The predicted octanol–water partition coefficient (Wildman–Crippen LogP) is 5.33. The second-order valence-corrected chi connectivity index (χ2v) is 10.3. The summed E-state index contributed by atoms with van der Waals surface area (Å²) in [6, 6.07) is 24.1. The molecule has 0 spiro atoms. The summed E-state index contributed by atoms with van der Waals surface area (Å²) < 4.78 is 33.6. The minimum Gasteiger partial charge on any atom is -0.459 e. The molecule has 2 N–H and O–H groups in total. The summed E-state index contributed by atoms with van der Waals surface area (Å²) in [7, 11) is -4.14. The highest BCUT2D eigenvalue weighted by molar-refractivity contribution is 7.97. The maximum Gasteiger partial charge on any atom is 0.291 e. The van der Waals surface area contributed by atoms with Crippen molar-refractivity contribution in [1.29, 1.82) is 0 Å². The molecule has 0 saturated heterocycles. The highest BCUT2D eigenvalue weighted by Crippen LogP contribution is 2.36. The van der Waals surface area contributed by atoms with Crippen molar-refractivity contribution in [2.24, 2.45) is 0 Å². The number of carbonyl (C=O) groups is 2. The zero-order chi connectivity index (χ0) is 26.0. The number of benzene rings is 3. The Bertz CT molecular complexity index is 1590. The van der Waals surface area contributed by atoms with Crippen molar-refractivity contribution in [1.82, 2.24) is 0 Å². The second kappa shape index (κ2) is 9.79. The summed E-state index contributed by atoms with van der Waals surface area (Å²) >= 11 is 0. The van der Waals surface area contributed by atoms with Gasteiger partial charge >= 0.3 is 0 Å². The molecule has 0 saturated carbocycles. The van der Waals surface area contributed by atoms with Gasteiger partial charge in [-0.2, -0.15) is 0 Å². The van der Waals surface area contributed by atoms with Gasteiger partial charge in [-0.1, -0.05) is 42.0 Å². The van der Waals surface area contributed by atoms with Crippen LogP contribution >= 0.6 is 0 Å². The lowest BCUT2D eigenvalue weighted by atomic mass is 10.1. The highest BCUT2D eigenvalue weighted by atomic mass is 32.2. The lowest BCUT2D eigenvalue weighted by molar-refractivity contribution is 0.0995. The van der Waals surface area contributed by atoms with Crippen molar-refractivity contribution < 1.29 is 22.4 Å². The number of hydrogen-bond donors (Lipinski definition) is 2. The molecule has 3 aromatic carbocycles. The van der Waals surface area contributed by atoms with E-state index in [0.29, 0.717) is 22.6 Å². The normalized spacial score (nSPS) is 15.3. The lowest BCUT2D eigenvalue weighted by Gasteiger charge is -2.31. The molecule has 1 aromatic heterocycles. The number of nitrogens with zero attached hydrogens (tertiary/aromatic N) is 1. The highest BCUT2D eigenvalue weighted by Gasteiger charge is 2.40. The van der Waals surface area contributed by atoms with Crippen LogP contribution in [0.25, 0.3) is 0 Å². The number of ketones is 1. The van der Waals surface area contributed by atoms with Crippen LogP contribution in [-0.4, -0.2) is 20.1 Å². The van der Waals surface area contributed by atoms with Crippen molar-refractivity contribution in [2.75, 3.05) is 14.9 Å². The molecule has 0 aliphatic carbocycles. The first-order valence-electron chi connectivity index (χ1n) is 11.5. The fourth-order valence-corrected chi connectivity index (χ4v) is 5.48. The molecular formula is C28H23N3O5S. The smallest absolute Gasteiger partial charge is 0.291 e. The number of aryl methyl sites for hydroxylation is 1. The molecule has 0 radical (unpaired) electrons. The summed E-state index contributed by atoms with van der Waals surface area (Å²) in [4.78, 5) is 25.0. The molecule has 5 rings (SSSR count). The summed E-state index contributed by atoms with van der Waals surface area (Å²) in [5.74, 6) is -0.784. The number of nitrogens with one attached hydrogen (secondary N) is 2. The van der Waals surface area contributed by atoms with Gasteiger partial charge in [-0.15, -0.1) is 0 Å². The van der Waals surface area contributed by atoms with Gasteiger partial charge in [0.25, 0.3) is 15.9 Å². The maximum absolute atomic E-state index is 13.6. The molecule has 0 unspecified atom stereocenters. The van der Waals surface area contributed by atoms with Crippen LogP contribution in [0.15, 0.2) is 107 Å². The molecule has 0 fully saturated rings. The van der Waals surface area contributed by atoms with Gasteiger partial charge in [-0.25, -0.2) is 8.42 Å². The van der Waals surface area contributed by atoms with E-state index >= 15 is 0 Å². The van der Waals surface area contributed by atoms with Crippen LogP contribution in [0.2, 0.25) is 0 Å². The third-order valence-corrected chi connectivity index (χ3v) is 7.68. The molecule has 1 amide bonds. The van der Waals surface area contributed by atoms with Crippen molar-refractivity contribution in [3.05, 3.63) is 125 Å². The number of allylic oxidation sites excluding steroid dienone is 1. The molecule has 37 heavy (non-hydrogen) atoms. The van der Waals surface area contributed by atoms with Gasteiger partial charge < -0.3 is 15.1 Å². The number of sulfonamides is 1. The predicted molar refractivity (Wildman–Crippen MR) is 142 cm³/mol. The van der Waals surface area contributed by atoms with E-state index in [2.05, 4.69) is 10.6 Å². The molecule has 186 valence electrons. The Morgan fingerprint density at radius 1 is 0.919 bits per heavy atom. The Kier molecular flexibility index (Phi) is 6.37.